The summed E-state index contributed by atoms with van der Waals surface area (Å²) in [6.45, 7) is 6.62. The third-order valence-corrected chi connectivity index (χ3v) is 2.96. The van der Waals surface area contributed by atoms with Crippen molar-refractivity contribution in [3.8, 4) is 11.5 Å². The van der Waals surface area contributed by atoms with E-state index in [1.54, 1.807) is 0 Å². The first-order chi connectivity index (χ1) is 7.90. The lowest BCUT2D eigenvalue weighted by molar-refractivity contribution is -0.139. The zero-order valence-corrected chi connectivity index (χ0v) is 11.8. The Morgan fingerprint density at radius 3 is 2.65 bits per heavy atom. The molecule has 0 aliphatic carbocycles. The van der Waals surface area contributed by atoms with E-state index in [0.717, 1.165) is 11.1 Å². The molecule has 2 nitrogen and oxygen atoms in total. The van der Waals surface area contributed by atoms with Gasteiger partial charge in [-0.1, -0.05) is 37.7 Å². The van der Waals surface area contributed by atoms with E-state index in [1.165, 1.54) is 7.11 Å². The van der Waals surface area contributed by atoms with E-state index in [9.17, 15) is 4.79 Å². The van der Waals surface area contributed by atoms with Gasteiger partial charge in [-0.15, -0.1) is 5.54 Å². The Kier molecular flexibility index (Phi) is 4.53. The molecule has 0 bridgehead atoms. The third kappa shape index (κ3) is 5.37. The van der Waals surface area contributed by atoms with Crippen molar-refractivity contribution in [3.05, 3.63) is 35.4 Å². The molecule has 1 aromatic rings. The summed E-state index contributed by atoms with van der Waals surface area (Å²) in [5.74, 6) is 2.95. The number of hydrogen-bond donors (Lipinski definition) is 0. The molecule has 0 heterocycles. The number of rotatable bonds is 2. The summed E-state index contributed by atoms with van der Waals surface area (Å²) in [4.78, 5) is 11.2. The Morgan fingerprint density at radius 1 is 1.35 bits per heavy atom. The largest absolute Gasteiger partial charge is 0.469 e. The number of ether oxygens (including phenoxy) is 1. The number of esters is 1. The van der Waals surface area contributed by atoms with Crippen LogP contribution >= 0.6 is 0 Å². The van der Waals surface area contributed by atoms with Gasteiger partial charge in [-0.25, -0.2) is 0 Å². The van der Waals surface area contributed by atoms with Crippen LogP contribution < -0.4 is 0 Å². The molecule has 0 aliphatic heterocycles. The second kappa shape index (κ2) is 5.69. The summed E-state index contributed by atoms with van der Waals surface area (Å²) in [5.41, 5.74) is 5.22. The summed E-state index contributed by atoms with van der Waals surface area (Å²) < 4.78 is 4.64. The van der Waals surface area contributed by atoms with Gasteiger partial charge < -0.3 is 4.74 Å². The standard InChI is InChI=1S/C14H18O2Si/c1-16-14(15)11-13-7-5-6-12(10-13)8-9-17(2,3)4/h5-7,10H,11H2,1-4H3. The van der Waals surface area contributed by atoms with Gasteiger partial charge in [0.15, 0.2) is 0 Å². The highest BCUT2D eigenvalue weighted by molar-refractivity contribution is 6.83. The van der Waals surface area contributed by atoms with Crippen molar-refractivity contribution in [2.75, 3.05) is 7.11 Å². The molecule has 90 valence electrons. The van der Waals surface area contributed by atoms with Crippen molar-refractivity contribution in [1.29, 1.82) is 0 Å². The average molecular weight is 246 g/mol. The molecule has 0 radical (unpaired) electrons. The molecule has 1 rings (SSSR count). The molecule has 0 spiro atoms. The highest BCUT2D eigenvalue weighted by Crippen LogP contribution is 2.06. The molecule has 0 saturated heterocycles. The molecule has 0 N–H and O–H groups in total. The predicted molar refractivity (Wildman–Crippen MR) is 72.4 cm³/mol. The maximum atomic E-state index is 11.2. The van der Waals surface area contributed by atoms with Crippen molar-refractivity contribution >= 4 is 14.0 Å². The minimum absolute atomic E-state index is 0.222. The summed E-state index contributed by atoms with van der Waals surface area (Å²) in [5, 5.41) is 0. The van der Waals surface area contributed by atoms with Crippen LogP contribution in [0.4, 0.5) is 0 Å². The van der Waals surface area contributed by atoms with E-state index >= 15 is 0 Å². The Morgan fingerprint density at radius 2 is 2.06 bits per heavy atom. The maximum Gasteiger partial charge on any atom is 0.309 e. The predicted octanol–water partition coefficient (Wildman–Crippen LogP) is 2.63. The first-order valence-corrected chi connectivity index (χ1v) is 9.09. The van der Waals surface area contributed by atoms with Gasteiger partial charge in [-0.05, 0) is 17.7 Å². The minimum Gasteiger partial charge on any atom is -0.469 e. The number of hydrogen-bond acceptors (Lipinski definition) is 2. The summed E-state index contributed by atoms with van der Waals surface area (Å²) in [6, 6.07) is 7.75. The summed E-state index contributed by atoms with van der Waals surface area (Å²) in [7, 11) is 0.0510. The minimum atomic E-state index is -1.35. The molecule has 1 aromatic carbocycles. The van der Waals surface area contributed by atoms with Gasteiger partial charge in [0, 0.05) is 5.56 Å². The van der Waals surface area contributed by atoms with Crippen molar-refractivity contribution in [1.82, 2.24) is 0 Å². The zero-order valence-electron chi connectivity index (χ0n) is 10.8. The van der Waals surface area contributed by atoms with Gasteiger partial charge in [0.05, 0.1) is 13.5 Å². The van der Waals surface area contributed by atoms with Crippen molar-refractivity contribution in [2.45, 2.75) is 26.1 Å². The lowest BCUT2D eigenvalue weighted by Crippen LogP contribution is -2.16. The summed E-state index contributed by atoms with van der Waals surface area (Å²) >= 11 is 0. The van der Waals surface area contributed by atoms with Gasteiger partial charge in [0.25, 0.3) is 0 Å². The van der Waals surface area contributed by atoms with Crippen molar-refractivity contribution in [2.24, 2.45) is 0 Å². The Labute approximate surface area is 104 Å². The molecule has 0 aromatic heterocycles. The first kappa shape index (κ1) is 13.5. The second-order valence-corrected chi connectivity index (χ2v) is 9.70. The van der Waals surface area contributed by atoms with E-state index in [4.69, 9.17) is 0 Å². The first-order valence-electron chi connectivity index (χ1n) is 5.59. The van der Waals surface area contributed by atoms with Crippen LogP contribution in [0.2, 0.25) is 19.6 Å². The van der Waals surface area contributed by atoms with E-state index < -0.39 is 8.07 Å². The quantitative estimate of drug-likeness (QED) is 0.455. The van der Waals surface area contributed by atoms with Crippen LogP contribution in [-0.4, -0.2) is 21.2 Å². The monoisotopic (exact) mass is 246 g/mol. The van der Waals surface area contributed by atoms with Gasteiger partial charge in [0.1, 0.15) is 8.07 Å². The molecule has 0 aliphatic rings. The fourth-order valence-electron chi connectivity index (χ4n) is 1.26. The van der Waals surface area contributed by atoms with Gasteiger partial charge in [-0.3, -0.25) is 4.79 Å². The lowest BCUT2D eigenvalue weighted by Gasteiger charge is -2.04. The van der Waals surface area contributed by atoms with Crippen molar-refractivity contribution < 1.29 is 9.53 Å². The molecule has 0 amide bonds. The maximum absolute atomic E-state index is 11.2. The molecule has 17 heavy (non-hydrogen) atoms. The smallest absolute Gasteiger partial charge is 0.309 e. The van der Waals surface area contributed by atoms with Gasteiger partial charge in [-0.2, -0.15) is 0 Å². The highest BCUT2D eigenvalue weighted by Gasteiger charge is 2.07. The normalized spacial score (nSPS) is 10.4. The molecule has 0 fully saturated rings. The van der Waals surface area contributed by atoms with Crippen molar-refractivity contribution in [3.63, 3.8) is 0 Å². The van der Waals surface area contributed by atoms with E-state index in [-0.39, 0.29) is 5.97 Å². The SMILES string of the molecule is COC(=O)Cc1cccc(C#C[Si](C)(C)C)c1. The number of carbonyl (C=O) groups excluding carboxylic acids is 1. The van der Waals surface area contributed by atoms with Crippen LogP contribution in [0.1, 0.15) is 11.1 Å². The Hall–Kier alpha value is -1.53. The molecular formula is C14H18O2Si. The third-order valence-electron chi connectivity index (χ3n) is 2.08. The number of benzene rings is 1. The molecule has 0 atom stereocenters. The van der Waals surface area contributed by atoms with Crippen LogP contribution in [0.15, 0.2) is 24.3 Å². The molecule has 3 heteroatoms. The van der Waals surface area contributed by atoms with E-state index in [2.05, 4.69) is 35.8 Å². The van der Waals surface area contributed by atoms with Gasteiger partial charge in [0.2, 0.25) is 0 Å². The fraction of sp³-hybridized carbons (Fsp3) is 0.357. The van der Waals surface area contributed by atoms with Crippen LogP contribution in [0.5, 0.6) is 0 Å². The van der Waals surface area contributed by atoms with Crippen LogP contribution in [0.3, 0.4) is 0 Å². The van der Waals surface area contributed by atoms with Gasteiger partial charge >= 0.3 is 5.97 Å². The summed E-state index contributed by atoms with van der Waals surface area (Å²) in [6.07, 6.45) is 0.305. The highest BCUT2D eigenvalue weighted by atomic mass is 28.3. The fourth-order valence-corrected chi connectivity index (χ4v) is 1.78. The average Bonchev–Trinajstić information content (AvgIpc) is 2.26. The van der Waals surface area contributed by atoms with E-state index in [1.807, 2.05) is 24.3 Å². The molecular weight excluding hydrogens is 228 g/mol. The molecule has 0 saturated carbocycles. The zero-order chi connectivity index (χ0) is 12.9. The topological polar surface area (TPSA) is 26.3 Å². The van der Waals surface area contributed by atoms with Crippen LogP contribution in [0, 0.1) is 11.5 Å². The van der Waals surface area contributed by atoms with Crippen LogP contribution in [0.25, 0.3) is 0 Å². The number of carbonyl (C=O) groups is 1. The number of methoxy groups -OCH3 is 1. The Balaban J connectivity index is 2.85. The van der Waals surface area contributed by atoms with Crippen LogP contribution in [-0.2, 0) is 16.0 Å². The lowest BCUT2D eigenvalue weighted by atomic mass is 10.1. The Bertz CT molecular complexity index is 461. The van der Waals surface area contributed by atoms with E-state index in [0.29, 0.717) is 6.42 Å². The molecule has 0 unspecified atom stereocenters. The second-order valence-electron chi connectivity index (χ2n) is 4.95.